The first-order chi connectivity index (χ1) is 55.5. The van der Waals surface area contributed by atoms with E-state index in [1.807, 2.05) is 0 Å². The average molecular weight is 1680 g/mol. The van der Waals surface area contributed by atoms with Gasteiger partial charge in [-0.1, -0.05) is 84.5 Å². The second kappa shape index (κ2) is 48.5. The van der Waals surface area contributed by atoms with Gasteiger partial charge in [0.1, 0.15) is 127 Å². The number of hydrogen-bond donors (Lipinski definition) is 3. The molecular weight excluding hydrogens is 1580 g/mol. The Morgan fingerprint density at radius 2 is 0.765 bits per heavy atom. The highest BCUT2D eigenvalue weighted by molar-refractivity contribution is 7.87. The quantitative estimate of drug-likeness (QED) is 0.00814. The van der Waals surface area contributed by atoms with Crippen LogP contribution in [-0.2, 0) is 61.9 Å². The fraction of sp³-hybridized carbons (Fsp3) is 0.365. The number of terminal acetylenes is 1. The van der Waals surface area contributed by atoms with Crippen LogP contribution in [0.4, 0.5) is 22.0 Å². The predicted octanol–water partition coefficient (Wildman–Crippen LogP) is 14.1. The highest BCUT2D eigenvalue weighted by Gasteiger charge is 2.40. The highest BCUT2D eigenvalue weighted by atomic mass is 35.5. The van der Waals surface area contributed by atoms with Gasteiger partial charge in [-0.15, -0.1) is 18.0 Å². The molecule has 8 aromatic carbocycles. The van der Waals surface area contributed by atoms with Gasteiger partial charge in [0.05, 0.1) is 70.9 Å². The molecule has 0 amide bonds. The maximum Gasteiger partial charge on any atom is 0.297 e. The van der Waals surface area contributed by atoms with Crippen molar-refractivity contribution in [2.75, 3.05) is 58.7 Å². The lowest BCUT2D eigenvalue weighted by atomic mass is 10.1. The van der Waals surface area contributed by atoms with Gasteiger partial charge in [-0.25, -0.2) is 22.0 Å². The Balaban J connectivity index is 0.000000182. The molecule has 11 atom stereocenters. The number of halogens is 6. The van der Waals surface area contributed by atoms with Gasteiger partial charge < -0.3 is 58.0 Å². The summed E-state index contributed by atoms with van der Waals surface area (Å²) < 4.78 is 205. The lowest BCUT2D eigenvalue weighted by molar-refractivity contribution is 0.0419. The number of alkyl halides is 1. The minimum Gasteiger partial charge on any atom is -0.491 e. The molecule has 30 heteroatoms. The van der Waals surface area contributed by atoms with Crippen LogP contribution in [0.5, 0.6) is 28.7 Å². The summed E-state index contributed by atoms with van der Waals surface area (Å²) in [5, 5.41) is 26.4. The number of hydrogen-bond acceptors (Lipinski definition) is 21. The summed E-state index contributed by atoms with van der Waals surface area (Å²) in [5.41, 5.74) is 0. The van der Waals surface area contributed by atoms with Crippen molar-refractivity contribution >= 4 is 42.0 Å². The van der Waals surface area contributed by atoms with E-state index in [1.54, 1.807) is 91.0 Å². The van der Waals surface area contributed by atoms with Gasteiger partial charge in [-0.05, 0) is 222 Å². The molecule has 4 heterocycles. The Bertz CT molecular complexity index is 4470. The van der Waals surface area contributed by atoms with Crippen molar-refractivity contribution in [2.24, 2.45) is 0 Å². The standard InChI is InChI=1S/C19H20ClFO5S.C19H21FO6S.C19H21FO5S.C15H17FO3.C13H13FO2/c20-12-19-18(25-19)11-10-16(13-24-15-8-6-14(21)7-9-15)26-27(22,23)17-4-2-1-3-5-17;20-14-6-8-15(9-7-14)24-13-16(10-11-18-19(12-21)25-18)26-27(22,23)17-4-2-1-3-5-17;20-16-10-12-17(13-11-16)24-15-18(7-3-2-6-14-21)25-26(22,23)19-8-4-1-5-9-19;16-12-4-6-13(7-5-12)18-11-15-9-8-14(19-15)3-1-2-10-17;1-2-11-7-8-13(16-11)9-15-12-5-3-10(14)4-6-12/h1-9,16,18-19H,10-13H2;1-9,16,18-19,21H,10-13H2;1-2,4-6,8-13,18,21H,3,7,14-15H2;4-7,14-15,17H,2,8-11H2;1,3-6,11,13H,7-9H2/b;;6-2+;;/t2*16?,18?,19-;;14-,15+;11-,13+/m00.11/s1. The van der Waals surface area contributed by atoms with E-state index in [0.717, 1.165) is 25.7 Å². The van der Waals surface area contributed by atoms with Crippen LogP contribution in [0.2, 0.25) is 0 Å². The zero-order chi connectivity index (χ0) is 82.3. The fourth-order valence-electron chi connectivity index (χ4n) is 11.0. The molecule has 0 bridgehead atoms. The van der Waals surface area contributed by atoms with Crippen LogP contribution in [0.25, 0.3) is 0 Å². The zero-order valence-corrected chi connectivity index (χ0v) is 65.8. The third-order valence-corrected chi connectivity index (χ3v) is 21.6. The number of epoxide rings is 2. The maximum atomic E-state index is 13.0. The SMILES string of the molecule is C#C[C@@H]1CC[C@@H](COc2ccc(F)cc2)O1.O=S(=O)(OC(CC/C=C/CO)COc1ccc(F)cc1)c1ccccc1.O=S(=O)(OC(CCC1O[C@H]1CCl)COc1ccc(F)cc1)c1ccccc1.O=S(=O)(OC(CCC1O[C@H]1CO)COc1ccc(F)cc1)c1ccccc1.OCCC#C[C@@H]1CC[C@@H](COc2ccc(F)cc2)O1. The van der Waals surface area contributed by atoms with Crippen LogP contribution in [-0.4, -0.2) is 166 Å². The molecule has 5 unspecified atom stereocenters. The Morgan fingerprint density at radius 1 is 0.426 bits per heavy atom. The van der Waals surface area contributed by atoms with Crippen molar-refractivity contribution in [1.29, 1.82) is 0 Å². The van der Waals surface area contributed by atoms with Gasteiger partial charge in [0, 0.05) is 6.42 Å². The minimum atomic E-state index is -3.95. The summed E-state index contributed by atoms with van der Waals surface area (Å²) in [4.78, 5) is 0.212. The number of rotatable bonds is 37. The summed E-state index contributed by atoms with van der Waals surface area (Å²) >= 11 is 5.74. The van der Waals surface area contributed by atoms with Gasteiger partial charge >= 0.3 is 0 Å². The largest absolute Gasteiger partial charge is 0.491 e. The Hall–Kier alpha value is -8.99. The number of allylic oxidation sites excluding steroid dienone is 1. The lowest BCUT2D eigenvalue weighted by Gasteiger charge is -2.18. The second-order valence-corrected chi connectivity index (χ2v) is 31.1. The Morgan fingerprint density at radius 3 is 1.09 bits per heavy atom. The van der Waals surface area contributed by atoms with Crippen LogP contribution in [0, 0.1) is 53.3 Å². The van der Waals surface area contributed by atoms with Crippen LogP contribution < -0.4 is 23.7 Å². The number of ether oxygens (including phenoxy) is 9. The number of aliphatic hydroxyl groups excluding tert-OH is 3. The molecule has 4 aliphatic heterocycles. The highest BCUT2D eigenvalue weighted by Crippen LogP contribution is 2.32. The van der Waals surface area contributed by atoms with Gasteiger partial charge in [0.25, 0.3) is 30.4 Å². The topological polar surface area (TPSA) is 280 Å². The van der Waals surface area contributed by atoms with Crippen LogP contribution in [0.1, 0.15) is 70.6 Å². The van der Waals surface area contributed by atoms with E-state index in [2.05, 4.69) is 17.8 Å². The Kier molecular flexibility index (Phi) is 38.6. The monoisotopic (exact) mass is 1670 g/mol. The molecule has 4 fully saturated rings. The molecule has 12 rings (SSSR count). The first kappa shape index (κ1) is 91.5. The van der Waals surface area contributed by atoms with E-state index < -0.39 is 48.7 Å². The molecule has 8 aromatic rings. The maximum absolute atomic E-state index is 13.0. The van der Waals surface area contributed by atoms with Crippen LogP contribution in [0.15, 0.2) is 239 Å². The first-order valence-electron chi connectivity index (χ1n) is 37.0. The second-order valence-electron chi connectivity index (χ2n) is 26.0. The molecule has 3 N–H and O–H groups in total. The van der Waals surface area contributed by atoms with E-state index >= 15 is 0 Å². The van der Waals surface area contributed by atoms with Gasteiger partial charge in [-0.2, -0.15) is 25.3 Å². The van der Waals surface area contributed by atoms with E-state index in [0.29, 0.717) is 92.8 Å². The van der Waals surface area contributed by atoms with Crippen molar-refractivity contribution < 1.29 is 118 Å². The van der Waals surface area contributed by atoms with Gasteiger partial charge in [0.2, 0.25) is 0 Å². The minimum absolute atomic E-state index is 0.00926. The summed E-state index contributed by atoms with van der Waals surface area (Å²) in [6.45, 7) is 0.823. The van der Waals surface area contributed by atoms with Crippen molar-refractivity contribution in [3.63, 3.8) is 0 Å². The average Bonchev–Trinajstić information content (AvgIpc) is 1.66. The van der Waals surface area contributed by atoms with E-state index in [1.165, 1.54) is 133 Å². The molecule has 4 saturated heterocycles. The fourth-order valence-corrected chi connectivity index (χ4v) is 14.6. The molecule has 0 radical (unpaired) electrons. The summed E-state index contributed by atoms with van der Waals surface area (Å²) in [7, 11) is -11.8. The molecule has 4 aliphatic rings. The van der Waals surface area contributed by atoms with Crippen LogP contribution >= 0.6 is 11.6 Å². The summed E-state index contributed by atoms with van der Waals surface area (Å²) in [6.07, 6.45) is 12.9. The molecule has 21 nitrogen and oxygen atoms in total. The Labute approximate surface area is 673 Å². The predicted molar refractivity (Wildman–Crippen MR) is 418 cm³/mol. The smallest absolute Gasteiger partial charge is 0.297 e. The molecule has 0 aromatic heterocycles. The molecular formula is C85H92ClF5O21S3. The lowest BCUT2D eigenvalue weighted by Crippen LogP contribution is -2.26. The van der Waals surface area contributed by atoms with Crippen molar-refractivity contribution in [3.05, 3.63) is 254 Å². The van der Waals surface area contributed by atoms with E-state index in [9.17, 15) is 47.2 Å². The third kappa shape index (κ3) is 34.4. The molecule has 618 valence electrons. The summed E-state index contributed by atoms with van der Waals surface area (Å²) in [6, 6.07) is 51.9. The van der Waals surface area contributed by atoms with E-state index in [-0.39, 0.29) is 132 Å². The van der Waals surface area contributed by atoms with Gasteiger partial charge in [-0.3, -0.25) is 12.5 Å². The molecule has 0 aliphatic carbocycles. The number of benzene rings is 8. The van der Waals surface area contributed by atoms with Crippen molar-refractivity contribution in [1.82, 2.24) is 0 Å². The van der Waals surface area contributed by atoms with Gasteiger partial charge in [0.15, 0.2) is 0 Å². The number of aliphatic hydroxyl groups is 3. The molecule has 115 heavy (non-hydrogen) atoms. The molecule has 0 spiro atoms. The van der Waals surface area contributed by atoms with Crippen molar-refractivity contribution in [3.8, 4) is 52.9 Å². The van der Waals surface area contributed by atoms with E-state index in [4.69, 9.17) is 88.5 Å². The third-order valence-electron chi connectivity index (χ3n) is 17.2. The van der Waals surface area contributed by atoms with Crippen LogP contribution in [0.3, 0.4) is 0 Å². The summed E-state index contributed by atoms with van der Waals surface area (Å²) in [5.74, 6) is 9.70. The zero-order valence-electron chi connectivity index (χ0n) is 62.6. The molecule has 0 saturated carbocycles. The van der Waals surface area contributed by atoms with Crippen molar-refractivity contribution in [2.45, 2.75) is 152 Å². The normalized spacial score (nSPS) is 19.4. The first-order valence-corrected chi connectivity index (χ1v) is 41.7.